The molecule has 9 heteroatoms. The summed E-state index contributed by atoms with van der Waals surface area (Å²) >= 11 is 1.08. The predicted molar refractivity (Wildman–Crippen MR) is 89.9 cm³/mol. The Morgan fingerprint density at radius 1 is 1.08 bits per heavy atom. The average Bonchev–Trinajstić information content (AvgIpc) is 2.96. The fourth-order valence-electron chi connectivity index (χ4n) is 2.57. The van der Waals surface area contributed by atoms with E-state index in [9.17, 15) is 22.4 Å². The topological polar surface area (TPSA) is 51.2 Å². The van der Waals surface area contributed by atoms with Crippen LogP contribution in [0.1, 0.15) is 21.5 Å². The zero-order valence-electron chi connectivity index (χ0n) is 13.8. The van der Waals surface area contributed by atoms with E-state index in [2.05, 4.69) is 15.0 Å². The van der Waals surface area contributed by atoms with Crippen molar-refractivity contribution in [2.45, 2.75) is 13.8 Å². The van der Waals surface area contributed by atoms with E-state index in [4.69, 9.17) is 0 Å². The first-order valence-electron chi connectivity index (χ1n) is 7.33. The van der Waals surface area contributed by atoms with E-state index in [1.54, 1.807) is 0 Å². The number of nitrogens with zero attached hydrogens (tertiary/aromatic N) is 1. The molecule has 0 fully saturated rings. The number of aromatic nitrogens is 1. The van der Waals surface area contributed by atoms with Crippen molar-refractivity contribution in [3.05, 3.63) is 52.1 Å². The van der Waals surface area contributed by atoms with E-state index in [1.807, 2.05) is 26.0 Å². The van der Waals surface area contributed by atoms with Gasteiger partial charge in [0.05, 0.1) is 17.3 Å². The van der Waals surface area contributed by atoms with Gasteiger partial charge < -0.3 is 4.74 Å². The minimum atomic E-state index is -1.84. The first-order chi connectivity index (χ1) is 12.2. The van der Waals surface area contributed by atoms with Gasteiger partial charge in [0, 0.05) is 0 Å². The maximum atomic E-state index is 14.0. The van der Waals surface area contributed by atoms with Crippen LogP contribution in [0.4, 0.5) is 22.7 Å². The predicted octanol–water partition coefficient (Wildman–Crippen LogP) is 4.73. The molecule has 0 aliphatic heterocycles. The van der Waals surface area contributed by atoms with Gasteiger partial charge in [-0.15, -0.1) is 0 Å². The molecule has 3 rings (SSSR count). The molecule has 0 spiro atoms. The fraction of sp³-hybridized carbons (Fsp3) is 0.176. The maximum Gasteiger partial charge on any atom is 0.263 e. The van der Waals surface area contributed by atoms with Gasteiger partial charge in [0.25, 0.3) is 5.91 Å². The number of halogens is 4. The van der Waals surface area contributed by atoms with Crippen LogP contribution in [0.15, 0.2) is 12.1 Å². The third-order valence-electron chi connectivity index (χ3n) is 3.70. The molecule has 1 amide bonds. The van der Waals surface area contributed by atoms with E-state index < -0.39 is 40.5 Å². The molecule has 0 unspecified atom stereocenters. The first kappa shape index (κ1) is 18.1. The number of nitrogens with one attached hydrogen (secondary N) is 1. The number of hydrogen-bond donors (Lipinski definition) is 1. The molecular formula is C17H12F4N2O2S. The summed E-state index contributed by atoms with van der Waals surface area (Å²) in [5.41, 5.74) is 1.07. The van der Waals surface area contributed by atoms with Crippen LogP contribution in [-0.4, -0.2) is 18.0 Å². The second-order valence-electron chi connectivity index (χ2n) is 5.57. The van der Waals surface area contributed by atoms with Crippen LogP contribution in [0.25, 0.3) is 10.2 Å². The molecule has 136 valence electrons. The summed E-state index contributed by atoms with van der Waals surface area (Å²) in [6.45, 7) is 3.71. The van der Waals surface area contributed by atoms with E-state index in [0.717, 1.165) is 34.3 Å². The molecule has 1 aromatic heterocycles. The molecule has 0 aliphatic rings. The second-order valence-corrected chi connectivity index (χ2v) is 6.60. The smallest absolute Gasteiger partial charge is 0.263 e. The van der Waals surface area contributed by atoms with Gasteiger partial charge >= 0.3 is 0 Å². The van der Waals surface area contributed by atoms with Crippen LogP contribution in [-0.2, 0) is 0 Å². The molecule has 0 aliphatic carbocycles. The Morgan fingerprint density at radius 2 is 1.69 bits per heavy atom. The van der Waals surface area contributed by atoms with Crippen LogP contribution < -0.4 is 10.1 Å². The van der Waals surface area contributed by atoms with Crippen molar-refractivity contribution in [3.63, 3.8) is 0 Å². The Morgan fingerprint density at radius 3 is 2.27 bits per heavy atom. The number of carbonyl (C=O) groups is 1. The Balaban J connectivity index is 2.03. The van der Waals surface area contributed by atoms with Gasteiger partial charge in [-0.25, -0.2) is 13.8 Å². The standard InChI is InChI=1S/C17H12F4N2O2S/c1-6-4-7(2)14-8(5-6)26-17(22-14)23-16(24)9-10(18)12(20)15(25-3)13(21)11(9)19/h4-5H,1-3H3,(H,22,23,24). The molecule has 3 aromatic rings. The number of benzene rings is 2. The molecule has 4 nitrogen and oxygen atoms in total. The molecule has 1 heterocycles. The fourth-order valence-corrected chi connectivity index (χ4v) is 3.61. The second kappa shape index (κ2) is 6.56. The summed E-state index contributed by atoms with van der Waals surface area (Å²) < 4.78 is 60.6. The van der Waals surface area contributed by atoms with E-state index in [0.29, 0.717) is 5.52 Å². The number of ether oxygens (including phenoxy) is 1. The number of hydrogen-bond acceptors (Lipinski definition) is 4. The van der Waals surface area contributed by atoms with Gasteiger partial charge in [0.2, 0.25) is 11.6 Å². The number of methoxy groups -OCH3 is 1. The number of carbonyl (C=O) groups excluding carboxylic acids is 1. The highest BCUT2D eigenvalue weighted by atomic mass is 32.1. The number of aryl methyl sites for hydroxylation is 2. The lowest BCUT2D eigenvalue weighted by molar-refractivity contribution is 0.101. The third-order valence-corrected chi connectivity index (χ3v) is 4.62. The third kappa shape index (κ3) is 2.88. The molecule has 26 heavy (non-hydrogen) atoms. The number of thiazole rings is 1. The SMILES string of the molecule is COc1c(F)c(F)c(C(=O)Nc2nc3c(C)cc(C)cc3s2)c(F)c1F. The molecular weight excluding hydrogens is 372 g/mol. The summed E-state index contributed by atoms with van der Waals surface area (Å²) in [6, 6.07) is 3.73. The Kier molecular flexibility index (Phi) is 4.57. The number of fused-ring (bicyclic) bond motifs is 1. The lowest BCUT2D eigenvalue weighted by Gasteiger charge is -2.10. The highest BCUT2D eigenvalue weighted by molar-refractivity contribution is 7.22. The molecule has 1 N–H and O–H groups in total. The highest BCUT2D eigenvalue weighted by Crippen LogP contribution is 2.32. The summed E-state index contributed by atoms with van der Waals surface area (Å²) in [6.07, 6.45) is 0. The van der Waals surface area contributed by atoms with Gasteiger partial charge in [-0.2, -0.15) is 8.78 Å². The summed E-state index contributed by atoms with van der Waals surface area (Å²) in [5.74, 6) is -9.84. The lowest BCUT2D eigenvalue weighted by Crippen LogP contribution is -2.18. The minimum Gasteiger partial charge on any atom is -0.491 e. The average molecular weight is 384 g/mol. The van der Waals surface area contributed by atoms with Crippen molar-refractivity contribution in [2.75, 3.05) is 12.4 Å². The zero-order valence-corrected chi connectivity index (χ0v) is 14.7. The summed E-state index contributed by atoms with van der Waals surface area (Å²) in [7, 11) is 0.853. The number of anilines is 1. The first-order valence-corrected chi connectivity index (χ1v) is 8.15. The van der Waals surface area contributed by atoms with Crippen molar-refractivity contribution in [3.8, 4) is 5.75 Å². The monoisotopic (exact) mass is 384 g/mol. The van der Waals surface area contributed by atoms with Gasteiger partial charge in [0.15, 0.2) is 22.5 Å². The zero-order chi connectivity index (χ0) is 19.2. The minimum absolute atomic E-state index is 0.0501. The Bertz CT molecular complexity index is 1020. The van der Waals surface area contributed by atoms with E-state index in [1.165, 1.54) is 0 Å². The quantitative estimate of drug-likeness (QED) is 0.525. The van der Waals surface area contributed by atoms with Crippen LogP contribution in [0, 0.1) is 37.1 Å². The summed E-state index contributed by atoms with van der Waals surface area (Å²) in [5, 5.41) is 2.23. The molecule has 0 radical (unpaired) electrons. The van der Waals surface area contributed by atoms with E-state index >= 15 is 0 Å². The molecule has 0 saturated carbocycles. The van der Waals surface area contributed by atoms with Crippen LogP contribution >= 0.6 is 11.3 Å². The largest absolute Gasteiger partial charge is 0.491 e. The van der Waals surface area contributed by atoms with Crippen molar-refractivity contribution in [2.24, 2.45) is 0 Å². The lowest BCUT2D eigenvalue weighted by atomic mass is 10.1. The number of rotatable bonds is 3. The summed E-state index contributed by atoms with van der Waals surface area (Å²) in [4.78, 5) is 16.4. The molecule has 0 atom stereocenters. The van der Waals surface area contributed by atoms with Gasteiger partial charge in [-0.3, -0.25) is 10.1 Å². The van der Waals surface area contributed by atoms with Crippen LogP contribution in [0.2, 0.25) is 0 Å². The van der Waals surface area contributed by atoms with Gasteiger partial charge in [-0.05, 0) is 31.0 Å². The Labute approximate surface area is 149 Å². The normalized spacial score (nSPS) is 11.0. The molecule has 0 saturated heterocycles. The van der Waals surface area contributed by atoms with E-state index in [-0.39, 0.29) is 5.13 Å². The van der Waals surface area contributed by atoms with Gasteiger partial charge in [0.1, 0.15) is 5.56 Å². The maximum absolute atomic E-state index is 14.0. The van der Waals surface area contributed by atoms with Crippen LogP contribution in [0.3, 0.4) is 0 Å². The Hall–Kier alpha value is -2.68. The van der Waals surface area contributed by atoms with Crippen LogP contribution in [0.5, 0.6) is 5.75 Å². The highest BCUT2D eigenvalue weighted by Gasteiger charge is 2.30. The number of amides is 1. The van der Waals surface area contributed by atoms with Crippen molar-refractivity contribution in [1.82, 2.24) is 4.98 Å². The van der Waals surface area contributed by atoms with Crippen molar-refractivity contribution >= 4 is 32.6 Å². The van der Waals surface area contributed by atoms with Crippen molar-refractivity contribution < 1.29 is 27.1 Å². The molecule has 2 aromatic carbocycles. The molecule has 0 bridgehead atoms. The van der Waals surface area contributed by atoms with Gasteiger partial charge in [-0.1, -0.05) is 17.4 Å². The van der Waals surface area contributed by atoms with Crippen molar-refractivity contribution in [1.29, 1.82) is 0 Å².